The lowest BCUT2D eigenvalue weighted by Crippen LogP contribution is -2.55. The monoisotopic (exact) mass is 377 g/mol. The van der Waals surface area contributed by atoms with Crippen molar-refractivity contribution in [3.8, 4) is 0 Å². The first-order valence-corrected chi connectivity index (χ1v) is 10.1. The van der Waals surface area contributed by atoms with E-state index in [1.807, 2.05) is 24.1 Å². The van der Waals surface area contributed by atoms with Crippen LogP contribution in [0.25, 0.3) is 0 Å². The van der Waals surface area contributed by atoms with Gasteiger partial charge in [-0.15, -0.1) is 0 Å². The Balaban J connectivity index is 1.71. The van der Waals surface area contributed by atoms with Crippen LogP contribution in [0.3, 0.4) is 0 Å². The highest BCUT2D eigenvalue weighted by Gasteiger charge is 2.36. The summed E-state index contributed by atoms with van der Waals surface area (Å²) in [6, 6.07) is 8.74. The number of nitrogens with zero attached hydrogens (tertiary/aromatic N) is 2. The summed E-state index contributed by atoms with van der Waals surface area (Å²) in [7, 11) is 0. The molecule has 28 heavy (non-hydrogen) atoms. The third kappa shape index (κ3) is 4.56. The van der Waals surface area contributed by atoms with Gasteiger partial charge in [0.15, 0.2) is 0 Å². The number of benzene rings is 1. The third-order valence-electron chi connectivity index (χ3n) is 5.51. The number of piperazine rings is 1. The van der Waals surface area contributed by atoms with Crippen LogP contribution in [0.4, 0.5) is 0 Å². The van der Waals surface area contributed by atoms with E-state index in [9.17, 15) is 4.79 Å². The van der Waals surface area contributed by atoms with E-state index >= 15 is 0 Å². The van der Waals surface area contributed by atoms with Gasteiger partial charge in [0.2, 0.25) is 0 Å². The first kappa shape index (κ1) is 20.0. The standard InChI is InChI=1S/C24H31N3O/c1-5-9-23-24(28)27-13-7-6-12-22(27)17-26(23)16-19(3)20(4)25-15-21-11-8-10-18(2)14-21/h5,8-11,14,16,22,25H,1,4,6-7,12-13,15,17H2,2-3H3/b19-16+,23-9-. The molecule has 2 heterocycles. The number of fused-ring (bicyclic) bond motifs is 1. The summed E-state index contributed by atoms with van der Waals surface area (Å²) in [5, 5.41) is 3.41. The molecule has 0 aliphatic carbocycles. The van der Waals surface area contributed by atoms with Crippen LogP contribution in [0, 0.1) is 6.92 Å². The largest absolute Gasteiger partial charge is 0.381 e. The molecular weight excluding hydrogens is 346 g/mol. The summed E-state index contributed by atoms with van der Waals surface area (Å²) in [6.45, 7) is 14.5. The second-order valence-electron chi connectivity index (χ2n) is 7.72. The Morgan fingerprint density at radius 2 is 2.18 bits per heavy atom. The van der Waals surface area contributed by atoms with E-state index in [1.165, 1.54) is 17.5 Å². The van der Waals surface area contributed by atoms with Gasteiger partial charge in [-0.1, -0.05) is 49.1 Å². The summed E-state index contributed by atoms with van der Waals surface area (Å²) in [5.74, 6) is 0.109. The fourth-order valence-corrected chi connectivity index (χ4v) is 3.94. The highest BCUT2D eigenvalue weighted by Crippen LogP contribution is 2.28. The number of piperidine rings is 1. The second kappa shape index (κ2) is 8.96. The quantitative estimate of drug-likeness (QED) is 0.594. The minimum absolute atomic E-state index is 0.109. The van der Waals surface area contributed by atoms with Gasteiger partial charge in [-0.05, 0) is 50.3 Å². The number of carbonyl (C=O) groups is 1. The maximum atomic E-state index is 13.0. The fourth-order valence-electron chi connectivity index (χ4n) is 3.94. The zero-order valence-corrected chi connectivity index (χ0v) is 17.1. The van der Waals surface area contributed by atoms with Gasteiger partial charge in [0, 0.05) is 37.6 Å². The Kier molecular flexibility index (Phi) is 6.40. The summed E-state index contributed by atoms with van der Waals surface area (Å²) in [6.07, 6.45) is 8.92. The van der Waals surface area contributed by atoms with Crippen LogP contribution in [-0.4, -0.2) is 34.8 Å². The Labute approximate surface area is 168 Å². The normalized spacial score (nSPS) is 21.5. The van der Waals surface area contributed by atoms with Gasteiger partial charge in [-0.25, -0.2) is 0 Å². The molecule has 2 aliphatic rings. The van der Waals surface area contributed by atoms with E-state index in [1.54, 1.807) is 6.08 Å². The van der Waals surface area contributed by atoms with Crippen LogP contribution >= 0.6 is 0 Å². The molecule has 1 amide bonds. The topological polar surface area (TPSA) is 35.6 Å². The van der Waals surface area contributed by atoms with Crippen LogP contribution in [0.2, 0.25) is 0 Å². The molecule has 2 aliphatic heterocycles. The fraction of sp³-hybridized carbons (Fsp3) is 0.375. The van der Waals surface area contributed by atoms with Gasteiger partial charge in [0.1, 0.15) is 5.70 Å². The molecule has 1 aromatic rings. The molecule has 148 valence electrons. The number of rotatable bonds is 6. The molecule has 4 nitrogen and oxygen atoms in total. The van der Waals surface area contributed by atoms with E-state index in [0.717, 1.165) is 43.7 Å². The molecule has 0 saturated carbocycles. The van der Waals surface area contributed by atoms with Gasteiger partial charge >= 0.3 is 0 Å². The Hall–Kier alpha value is -2.75. The van der Waals surface area contributed by atoms with Crippen molar-refractivity contribution in [2.24, 2.45) is 0 Å². The Morgan fingerprint density at radius 1 is 1.36 bits per heavy atom. The molecule has 0 aromatic heterocycles. The van der Waals surface area contributed by atoms with Gasteiger partial charge in [-0.3, -0.25) is 4.79 Å². The van der Waals surface area contributed by atoms with Crippen molar-refractivity contribution in [2.75, 3.05) is 13.1 Å². The molecule has 3 rings (SSSR count). The van der Waals surface area contributed by atoms with Gasteiger partial charge < -0.3 is 15.1 Å². The average Bonchev–Trinajstić information content (AvgIpc) is 2.69. The summed E-state index contributed by atoms with van der Waals surface area (Å²) >= 11 is 0. The van der Waals surface area contributed by atoms with Crippen molar-refractivity contribution >= 4 is 5.91 Å². The van der Waals surface area contributed by atoms with Gasteiger partial charge in [0.05, 0.1) is 0 Å². The number of hydrogen-bond donors (Lipinski definition) is 1. The van der Waals surface area contributed by atoms with Crippen molar-refractivity contribution in [1.82, 2.24) is 15.1 Å². The Morgan fingerprint density at radius 3 is 2.93 bits per heavy atom. The van der Waals surface area contributed by atoms with Crippen molar-refractivity contribution in [3.63, 3.8) is 0 Å². The lowest BCUT2D eigenvalue weighted by atomic mass is 9.98. The molecule has 2 fully saturated rings. The summed E-state index contributed by atoms with van der Waals surface area (Å²) in [4.78, 5) is 17.1. The number of aryl methyl sites for hydroxylation is 1. The smallest absolute Gasteiger partial charge is 0.270 e. The molecule has 2 saturated heterocycles. The summed E-state index contributed by atoms with van der Waals surface area (Å²) in [5.41, 5.74) is 5.07. The predicted molar refractivity (Wildman–Crippen MR) is 115 cm³/mol. The lowest BCUT2D eigenvalue weighted by Gasteiger charge is -2.44. The van der Waals surface area contributed by atoms with Crippen molar-refractivity contribution in [3.05, 3.63) is 83.9 Å². The zero-order valence-electron chi connectivity index (χ0n) is 17.1. The lowest BCUT2D eigenvalue weighted by molar-refractivity contribution is -0.135. The molecular formula is C24H31N3O. The second-order valence-corrected chi connectivity index (χ2v) is 7.72. The minimum Gasteiger partial charge on any atom is -0.381 e. The van der Waals surface area contributed by atoms with Crippen molar-refractivity contribution in [2.45, 2.75) is 45.7 Å². The van der Waals surface area contributed by atoms with Crippen molar-refractivity contribution < 1.29 is 4.79 Å². The van der Waals surface area contributed by atoms with Crippen LogP contribution in [0.1, 0.15) is 37.3 Å². The molecule has 4 heteroatoms. The van der Waals surface area contributed by atoms with Crippen molar-refractivity contribution in [1.29, 1.82) is 0 Å². The zero-order chi connectivity index (χ0) is 20.1. The molecule has 1 aromatic carbocycles. The van der Waals surface area contributed by atoms with Gasteiger partial charge in [0.25, 0.3) is 5.91 Å². The highest BCUT2D eigenvalue weighted by molar-refractivity contribution is 5.94. The summed E-state index contributed by atoms with van der Waals surface area (Å²) < 4.78 is 0. The number of allylic oxidation sites excluding steroid dienone is 3. The highest BCUT2D eigenvalue weighted by atomic mass is 16.2. The molecule has 1 N–H and O–H groups in total. The van der Waals surface area contributed by atoms with E-state index in [0.29, 0.717) is 11.7 Å². The van der Waals surface area contributed by atoms with E-state index in [4.69, 9.17) is 0 Å². The van der Waals surface area contributed by atoms with Crippen LogP contribution in [-0.2, 0) is 11.3 Å². The number of hydrogen-bond acceptors (Lipinski definition) is 3. The average molecular weight is 378 g/mol. The van der Waals surface area contributed by atoms with Crippen LogP contribution in [0.5, 0.6) is 0 Å². The number of carbonyl (C=O) groups excluding carboxylic acids is 1. The molecule has 0 radical (unpaired) electrons. The molecule has 0 bridgehead atoms. The van der Waals surface area contributed by atoms with Crippen LogP contribution < -0.4 is 5.32 Å². The molecule has 1 atom stereocenters. The maximum absolute atomic E-state index is 13.0. The first-order valence-electron chi connectivity index (χ1n) is 10.1. The predicted octanol–water partition coefficient (Wildman–Crippen LogP) is 4.27. The third-order valence-corrected chi connectivity index (χ3v) is 5.51. The van der Waals surface area contributed by atoms with Gasteiger partial charge in [-0.2, -0.15) is 0 Å². The minimum atomic E-state index is 0.109. The Bertz CT molecular complexity index is 821. The first-order chi connectivity index (χ1) is 13.5. The molecule has 0 spiro atoms. The van der Waals surface area contributed by atoms with Crippen LogP contribution in [0.15, 0.2) is 72.7 Å². The molecule has 1 unspecified atom stereocenters. The number of nitrogens with one attached hydrogen (secondary N) is 1. The van der Waals surface area contributed by atoms with E-state index in [-0.39, 0.29) is 5.91 Å². The SMILES string of the molecule is C=C/C=C1/C(=O)N2CCCCC2CN1/C=C(\C)C(=C)NCc1cccc(C)c1. The maximum Gasteiger partial charge on any atom is 0.270 e. The number of amides is 1. The van der Waals surface area contributed by atoms with E-state index in [2.05, 4.69) is 54.6 Å². The van der Waals surface area contributed by atoms with E-state index < -0.39 is 0 Å².